The van der Waals surface area contributed by atoms with Crippen molar-refractivity contribution in [2.24, 2.45) is 0 Å². The molecular formula is C30H34N4O4. The zero-order valence-corrected chi connectivity index (χ0v) is 22.0. The maximum Gasteiger partial charge on any atom is 0.325 e. The normalized spacial score (nSPS) is 16.3. The minimum atomic E-state index is -0.197. The number of benzene rings is 3. The summed E-state index contributed by atoms with van der Waals surface area (Å²) < 4.78 is 10.8. The van der Waals surface area contributed by atoms with Crippen LogP contribution in [0.5, 0.6) is 11.5 Å². The predicted octanol–water partition coefficient (Wildman–Crippen LogP) is 3.88. The van der Waals surface area contributed by atoms with E-state index in [0.717, 1.165) is 13.1 Å². The van der Waals surface area contributed by atoms with Gasteiger partial charge in [-0.2, -0.15) is 0 Å². The second-order valence-electron chi connectivity index (χ2n) is 9.53. The zero-order chi connectivity index (χ0) is 26.5. The van der Waals surface area contributed by atoms with Crippen LogP contribution >= 0.6 is 0 Å². The van der Waals surface area contributed by atoms with Gasteiger partial charge >= 0.3 is 6.03 Å². The summed E-state index contributed by atoms with van der Waals surface area (Å²) in [6, 6.07) is 26.3. The van der Waals surface area contributed by atoms with Gasteiger partial charge in [0.05, 0.1) is 25.9 Å². The number of rotatable bonds is 8. The van der Waals surface area contributed by atoms with Crippen LogP contribution < -0.4 is 14.4 Å². The van der Waals surface area contributed by atoms with Crippen LogP contribution in [-0.2, 0) is 4.79 Å². The maximum atomic E-state index is 13.2. The van der Waals surface area contributed by atoms with Crippen LogP contribution in [0.15, 0.2) is 78.9 Å². The summed E-state index contributed by atoms with van der Waals surface area (Å²) in [5.74, 6) is 1.22. The van der Waals surface area contributed by atoms with E-state index in [4.69, 9.17) is 9.47 Å². The Morgan fingerprint density at radius 2 is 1.42 bits per heavy atom. The van der Waals surface area contributed by atoms with Gasteiger partial charge in [0.2, 0.25) is 5.91 Å². The van der Waals surface area contributed by atoms with E-state index < -0.39 is 0 Å². The molecule has 0 unspecified atom stereocenters. The van der Waals surface area contributed by atoms with E-state index in [9.17, 15) is 9.59 Å². The quantitative estimate of drug-likeness (QED) is 0.457. The van der Waals surface area contributed by atoms with Crippen molar-refractivity contribution in [3.8, 4) is 11.5 Å². The minimum absolute atomic E-state index is 0.0200. The fourth-order valence-corrected chi connectivity index (χ4v) is 5.34. The Bertz CT molecular complexity index is 1210. The van der Waals surface area contributed by atoms with Crippen LogP contribution in [0.4, 0.5) is 10.5 Å². The van der Waals surface area contributed by atoms with Gasteiger partial charge in [0, 0.05) is 45.3 Å². The molecule has 198 valence electrons. The molecule has 2 heterocycles. The summed E-state index contributed by atoms with van der Waals surface area (Å²) in [6.07, 6.45) is 0. The molecule has 8 heteroatoms. The van der Waals surface area contributed by atoms with E-state index in [1.54, 1.807) is 42.2 Å². The van der Waals surface area contributed by atoms with Crippen molar-refractivity contribution in [2.75, 3.05) is 64.9 Å². The second-order valence-corrected chi connectivity index (χ2v) is 9.53. The third-order valence-corrected chi connectivity index (χ3v) is 7.36. The lowest BCUT2D eigenvalue weighted by Crippen LogP contribution is -2.52. The van der Waals surface area contributed by atoms with E-state index >= 15 is 0 Å². The molecule has 5 rings (SSSR count). The number of carbonyl (C=O) groups is 2. The highest BCUT2D eigenvalue weighted by atomic mass is 16.5. The summed E-state index contributed by atoms with van der Waals surface area (Å²) in [5, 5.41) is 0. The van der Waals surface area contributed by atoms with Gasteiger partial charge in [-0.25, -0.2) is 4.79 Å². The number of piperazine rings is 1. The predicted molar refractivity (Wildman–Crippen MR) is 147 cm³/mol. The summed E-state index contributed by atoms with van der Waals surface area (Å²) in [6.45, 7) is 3.83. The van der Waals surface area contributed by atoms with Gasteiger partial charge in [0.1, 0.15) is 18.0 Å². The molecule has 0 aliphatic carbocycles. The van der Waals surface area contributed by atoms with Gasteiger partial charge in [-0.15, -0.1) is 0 Å². The van der Waals surface area contributed by atoms with E-state index in [0.29, 0.717) is 43.4 Å². The Morgan fingerprint density at radius 1 is 0.789 bits per heavy atom. The smallest absolute Gasteiger partial charge is 0.325 e. The Balaban J connectivity index is 1.22. The number of nitrogens with zero attached hydrogens (tertiary/aromatic N) is 4. The van der Waals surface area contributed by atoms with Crippen LogP contribution in [0.25, 0.3) is 0 Å². The fourth-order valence-electron chi connectivity index (χ4n) is 5.34. The molecule has 3 aromatic rings. The Hall–Kier alpha value is -4.04. The molecule has 38 heavy (non-hydrogen) atoms. The number of methoxy groups -OCH3 is 2. The van der Waals surface area contributed by atoms with E-state index in [-0.39, 0.29) is 24.5 Å². The lowest BCUT2D eigenvalue weighted by molar-refractivity contribution is -0.133. The summed E-state index contributed by atoms with van der Waals surface area (Å²) in [7, 11) is 3.16. The van der Waals surface area contributed by atoms with Gasteiger partial charge in [0.25, 0.3) is 0 Å². The SMILES string of the molecule is COc1ccc(OC)c(N2CCN(CC(=O)N3CCN(C(c4ccccc4)c4ccccc4)CC3)C2=O)c1. The fraction of sp³-hybridized carbons (Fsp3) is 0.333. The van der Waals surface area contributed by atoms with E-state index in [1.165, 1.54) is 11.1 Å². The molecule has 0 atom stereocenters. The Kier molecular flexibility index (Phi) is 7.79. The van der Waals surface area contributed by atoms with Crippen LogP contribution in [0.2, 0.25) is 0 Å². The highest BCUT2D eigenvalue weighted by Crippen LogP contribution is 2.34. The average Bonchev–Trinajstić information content (AvgIpc) is 3.33. The summed E-state index contributed by atoms with van der Waals surface area (Å²) in [4.78, 5) is 34.0. The summed E-state index contributed by atoms with van der Waals surface area (Å²) in [5.41, 5.74) is 3.14. The van der Waals surface area contributed by atoms with Crippen molar-refractivity contribution in [3.05, 3.63) is 90.0 Å². The Labute approximate surface area is 224 Å². The first-order valence-electron chi connectivity index (χ1n) is 13.0. The number of hydrogen-bond donors (Lipinski definition) is 0. The molecule has 0 bridgehead atoms. The third kappa shape index (κ3) is 5.31. The van der Waals surface area contributed by atoms with Gasteiger partial charge < -0.3 is 19.3 Å². The summed E-state index contributed by atoms with van der Waals surface area (Å²) >= 11 is 0. The molecule has 3 amide bonds. The molecule has 2 aliphatic rings. The van der Waals surface area contributed by atoms with Crippen LogP contribution in [0, 0.1) is 0 Å². The second kappa shape index (κ2) is 11.6. The van der Waals surface area contributed by atoms with Gasteiger partial charge in [-0.1, -0.05) is 60.7 Å². The van der Waals surface area contributed by atoms with Gasteiger partial charge in [-0.3, -0.25) is 14.6 Å². The topological polar surface area (TPSA) is 65.6 Å². The van der Waals surface area contributed by atoms with Crippen molar-refractivity contribution in [1.29, 1.82) is 0 Å². The minimum Gasteiger partial charge on any atom is -0.497 e. The Morgan fingerprint density at radius 3 is 2.00 bits per heavy atom. The lowest BCUT2D eigenvalue weighted by Gasteiger charge is -2.40. The number of amides is 3. The highest BCUT2D eigenvalue weighted by Gasteiger charge is 2.35. The molecule has 0 N–H and O–H groups in total. The number of ether oxygens (including phenoxy) is 2. The van der Waals surface area contributed by atoms with Gasteiger partial charge in [0.15, 0.2) is 0 Å². The molecule has 0 spiro atoms. The average molecular weight is 515 g/mol. The van der Waals surface area contributed by atoms with E-state index in [1.807, 2.05) is 17.0 Å². The molecule has 0 saturated carbocycles. The maximum absolute atomic E-state index is 13.2. The molecule has 0 radical (unpaired) electrons. The third-order valence-electron chi connectivity index (χ3n) is 7.36. The number of urea groups is 1. The lowest BCUT2D eigenvalue weighted by atomic mass is 9.96. The molecule has 2 fully saturated rings. The molecule has 2 saturated heterocycles. The number of hydrogen-bond acceptors (Lipinski definition) is 5. The van der Waals surface area contributed by atoms with Crippen molar-refractivity contribution in [3.63, 3.8) is 0 Å². The van der Waals surface area contributed by atoms with Crippen LogP contribution in [0.1, 0.15) is 17.2 Å². The van der Waals surface area contributed by atoms with Crippen molar-refractivity contribution in [1.82, 2.24) is 14.7 Å². The molecule has 2 aliphatic heterocycles. The monoisotopic (exact) mass is 514 g/mol. The molecular weight excluding hydrogens is 480 g/mol. The van der Waals surface area contributed by atoms with E-state index in [2.05, 4.69) is 53.4 Å². The van der Waals surface area contributed by atoms with Gasteiger partial charge in [-0.05, 0) is 23.3 Å². The van der Waals surface area contributed by atoms with Crippen LogP contribution in [-0.4, -0.2) is 86.7 Å². The van der Waals surface area contributed by atoms with Crippen molar-refractivity contribution >= 4 is 17.6 Å². The van der Waals surface area contributed by atoms with Crippen molar-refractivity contribution in [2.45, 2.75) is 6.04 Å². The first-order chi connectivity index (χ1) is 18.6. The molecule has 0 aromatic heterocycles. The zero-order valence-electron chi connectivity index (χ0n) is 22.0. The van der Waals surface area contributed by atoms with Crippen molar-refractivity contribution < 1.29 is 19.1 Å². The molecule has 3 aromatic carbocycles. The molecule has 8 nitrogen and oxygen atoms in total. The highest BCUT2D eigenvalue weighted by molar-refractivity contribution is 5.98. The number of anilines is 1. The largest absolute Gasteiger partial charge is 0.497 e. The first-order valence-corrected chi connectivity index (χ1v) is 13.0. The standard InChI is InChI=1S/C30H34N4O4/c1-37-25-13-14-27(38-2)26(21-25)34-20-19-33(30(34)36)22-28(35)31-15-17-32(18-16-31)29(23-9-5-3-6-10-23)24-11-7-4-8-12-24/h3-14,21,29H,15-20,22H2,1-2H3. The first kappa shape index (κ1) is 25.6. The van der Waals surface area contributed by atoms with Crippen LogP contribution in [0.3, 0.4) is 0 Å². The number of carbonyl (C=O) groups excluding carboxylic acids is 2.